The van der Waals surface area contributed by atoms with Crippen LogP contribution in [0.25, 0.3) is 0 Å². The third-order valence-corrected chi connectivity index (χ3v) is 4.13. The lowest BCUT2D eigenvalue weighted by Gasteiger charge is -2.15. The summed E-state index contributed by atoms with van der Waals surface area (Å²) in [5, 5.41) is 3.14. The zero-order valence-electron chi connectivity index (χ0n) is 11.2. The maximum Gasteiger partial charge on any atom is 0.164 e. The summed E-state index contributed by atoms with van der Waals surface area (Å²) >= 11 is 12.7. The molecule has 0 atom stereocenters. The van der Waals surface area contributed by atoms with Crippen LogP contribution >= 0.6 is 43.5 Å². The van der Waals surface area contributed by atoms with Crippen molar-refractivity contribution in [2.75, 3.05) is 11.9 Å². The first kappa shape index (κ1) is 16.6. The van der Waals surface area contributed by atoms with Gasteiger partial charge in [0, 0.05) is 16.6 Å². The molecule has 0 heterocycles. The van der Waals surface area contributed by atoms with Crippen molar-refractivity contribution < 1.29 is 9.13 Å². The zero-order chi connectivity index (χ0) is 15.4. The second kappa shape index (κ2) is 7.47. The number of halogens is 4. The normalized spacial score (nSPS) is 10.5. The van der Waals surface area contributed by atoms with Crippen LogP contribution in [0.1, 0.15) is 12.5 Å². The van der Waals surface area contributed by atoms with E-state index in [0.29, 0.717) is 18.8 Å². The highest BCUT2D eigenvalue weighted by Gasteiger charge is 2.11. The topological polar surface area (TPSA) is 21.3 Å². The molecule has 2 nitrogen and oxygen atoms in total. The van der Waals surface area contributed by atoms with Crippen molar-refractivity contribution in [2.24, 2.45) is 0 Å². The minimum atomic E-state index is -0.453. The molecule has 2 aromatic rings. The molecule has 0 fully saturated rings. The Labute approximate surface area is 144 Å². The molecular weight excluding hydrogens is 424 g/mol. The smallest absolute Gasteiger partial charge is 0.164 e. The van der Waals surface area contributed by atoms with E-state index in [1.807, 2.05) is 19.1 Å². The quantitative estimate of drug-likeness (QED) is 0.618. The van der Waals surface area contributed by atoms with E-state index in [-0.39, 0.29) is 5.02 Å². The first-order chi connectivity index (χ1) is 10.0. The van der Waals surface area contributed by atoms with Gasteiger partial charge in [-0.25, -0.2) is 4.39 Å². The lowest BCUT2D eigenvalue weighted by molar-refractivity contribution is 0.334. The molecule has 0 saturated heterocycles. The molecule has 21 heavy (non-hydrogen) atoms. The van der Waals surface area contributed by atoms with Gasteiger partial charge in [-0.1, -0.05) is 33.6 Å². The summed E-state index contributed by atoms with van der Waals surface area (Å²) in [7, 11) is 0. The highest BCUT2D eigenvalue weighted by Crippen LogP contribution is 2.34. The number of anilines is 1. The van der Waals surface area contributed by atoms with Gasteiger partial charge in [-0.05, 0) is 47.1 Å². The number of rotatable bonds is 5. The molecule has 0 aliphatic carbocycles. The fraction of sp³-hybridized carbons (Fsp3) is 0.200. The fourth-order valence-electron chi connectivity index (χ4n) is 1.88. The Morgan fingerprint density at radius 1 is 1.29 bits per heavy atom. The second-order valence-electron chi connectivity index (χ2n) is 4.26. The van der Waals surface area contributed by atoms with Gasteiger partial charge < -0.3 is 10.1 Å². The van der Waals surface area contributed by atoms with Gasteiger partial charge in [-0.2, -0.15) is 0 Å². The van der Waals surface area contributed by atoms with E-state index in [4.69, 9.17) is 16.3 Å². The molecule has 1 N–H and O–H groups in total. The first-order valence-corrected chi connectivity index (χ1v) is 8.28. The van der Waals surface area contributed by atoms with Gasteiger partial charge in [0.15, 0.2) is 5.82 Å². The molecular formula is C15H13Br2ClFNO. The van der Waals surface area contributed by atoms with Gasteiger partial charge >= 0.3 is 0 Å². The van der Waals surface area contributed by atoms with Crippen molar-refractivity contribution in [3.8, 4) is 5.75 Å². The lowest BCUT2D eigenvalue weighted by Crippen LogP contribution is -2.05. The zero-order valence-corrected chi connectivity index (χ0v) is 15.1. The van der Waals surface area contributed by atoms with Crippen LogP contribution in [0.2, 0.25) is 5.02 Å². The SMILES string of the molecule is CCOc1c(Br)cc(Br)cc1CNc1cccc(Cl)c1F. The van der Waals surface area contributed by atoms with E-state index < -0.39 is 5.82 Å². The van der Waals surface area contributed by atoms with Gasteiger partial charge in [-0.15, -0.1) is 0 Å². The molecule has 0 aliphatic rings. The second-order valence-corrected chi connectivity index (χ2v) is 6.44. The Morgan fingerprint density at radius 2 is 2.05 bits per heavy atom. The van der Waals surface area contributed by atoms with E-state index in [0.717, 1.165) is 20.3 Å². The van der Waals surface area contributed by atoms with Crippen LogP contribution in [0.5, 0.6) is 5.75 Å². The molecule has 0 amide bonds. The predicted molar refractivity (Wildman–Crippen MR) is 91.7 cm³/mol. The summed E-state index contributed by atoms with van der Waals surface area (Å²) < 4.78 is 21.3. The highest BCUT2D eigenvalue weighted by atomic mass is 79.9. The van der Waals surface area contributed by atoms with Crippen molar-refractivity contribution in [1.82, 2.24) is 0 Å². The van der Waals surface area contributed by atoms with E-state index in [1.54, 1.807) is 12.1 Å². The maximum atomic E-state index is 13.9. The summed E-state index contributed by atoms with van der Waals surface area (Å²) in [6, 6.07) is 8.71. The highest BCUT2D eigenvalue weighted by molar-refractivity contribution is 9.11. The van der Waals surface area contributed by atoms with Gasteiger partial charge in [0.1, 0.15) is 5.75 Å². The monoisotopic (exact) mass is 435 g/mol. The Morgan fingerprint density at radius 3 is 2.76 bits per heavy atom. The van der Waals surface area contributed by atoms with Crippen molar-refractivity contribution in [3.63, 3.8) is 0 Å². The average Bonchev–Trinajstić information content (AvgIpc) is 2.44. The molecule has 0 saturated carbocycles. The van der Waals surface area contributed by atoms with Gasteiger partial charge in [0.2, 0.25) is 0 Å². The minimum Gasteiger partial charge on any atom is -0.492 e. The average molecular weight is 438 g/mol. The molecule has 2 aromatic carbocycles. The van der Waals surface area contributed by atoms with Crippen LogP contribution in [0.4, 0.5) is 10.1 Å². The van der Waals surface area contributed by atoms with Gasteiger partial charge in [0.05, 0.1) is 21.8 Å². The first-order valence-electron chi connectivity index (χ1n) is 6.31. The molecule has 0 radical (unpaired) electrons. The third-order valence-electron chi connectivity index (χ3n) is 2.79. The van der Waals surface area contributed by atoms with Crippen LogP contribution < -0.4 is 10.1 Å². The summed E-state index contributed by atoms with van der Waals surface area (Å²) in [5.74, 6) is 0.293. The number of hydrogen-bond donors (Lipinski definition) is 1. The van der Waals surface area contributed by atoms with Crippen molar-refractivity contribution >= 4 is 49.1 Å². The summed E-state index contributed by atoms with van der Waals surface area (Å²) in [5.41, 5.74) is 1.28. The predicted octanol–water partition coefficient (Wildman–Crippen LogP) is 6.01. The minimum absolute atomic E-state index is 0.0976. The molecule has 6 heteroatoms. The van der Waals surface area contributed by atoms with E-state index in [9.17, 15) is 4.39 Å². The molecule has 0 aromatic heterocycles. The van der Waals surface area contributed by atoms with Crippen LogP contribution in [-0.2, 0) is 6.54 Å². The van der Waals surface area contributed by atoms with Crippen LogP contribution in [-0.4, -0.2) is 6.61 Å². The molecule has 0 bridgehead atoms. The van der Waals surface area contributed by atoms with Crippen LogP contribution in [0.15, 0.2) is 39.3 Å². The van der Waals surface area contributed by atoms with Gasteiger partial charge in [0.25, 0.3) is 0 Å². The number of hydrogen-bond acceptors (Lipinski definition) is 2. The van der Waals surface area contributed by atoms with Crippen molar-refractivity contribution in [1.29, 1.82) is 0 Å². The van der Waals surface area contributed by atoms with Crippen molar-refractivity contribution in [2.45, 2.75) is 13.5 Å². The molecule has 112 valence electrons. The van der Waals surface area contributed by atoms with Crippen LogP contribution in [0, 0.1) is 5.82 Å². The number of ether oxygens (including phenoxy) is 1. The van der Waals surface area contributed by atoms with E-state index in [1.165, 1.54) is 6.07 Å². The number of nitrogens with one attached hydrogen (secondary N) is 1. The summed E-state index contributed by atoms with van der Waals surface area (Å²) in [6.07, 6.45) is 0. The maximum absolute atomic E-state index is 13.9. The Bertz CT molecular complexity index is 652. The number of benzene rings is 2. The molecule has 0 spiro atoms. The lowest BCUT2D eigenvalue weighted by atomic mass is 10.2. The largest absolute Gasteiger partial charge is 0.492 e. The van der Waals surface area contributed by atoms with E-state index in [2.05, 4.69) is 37.2 Å². The molecule has 0 unspecified atom stereocenters. The standard InChI is InChI=1S/C15H13Br2ClFNO/c1-2-21-15-9(6-10(16)7-11(15)17)8-20-13-5-3-4-12(18)14(13)19/h3-7,20H,2,8H2,1H3. The fourth-order valence-corrected chi connectivity index (χ4v) is 3.48. The third kappa shape index (κ3) is 4.11. The summed E-state index contributed by atoms with van der Waals surface area (Å²) in [6.45, 7) is 2.89. The summed E-state index contributed by atoms with van der Waals surface area (Å²) in [4.78, 5) is 0. The Hall–Kier alpha value is -0.780. The molecule has 2 rings (SSSR count). The van der Waals surface area contributed by atoms with Gasteiger partial charge in [-0.3, -0.25) is 0 Å². The van der Waals surface area contributed by atoms with Crippen LogP contribution in [0.3, 0.4) is 0 Å². The van der Waals surface area contributed by atoms with E-state index >= 15 is 0 Å². The Balaban J connectivity index is 2.25. The molecule has 0 aliphatic heterocycles. The Kier molecular flexibility index (Phi) is 5.90. The van der Waals surface area contributed by atoms with Crippen molar-refractivity contribution in [3.05, 3.63) is 55.7 Å².